The standard InChI is InChI=1S/C25H37N3O6/c1-16-12-28(24(30)10-18-6-7-18)17(2)14-34-21-9-8-19(26-23(29)15-32-4)11-20(21)25(31)27(3)13-22(16)33-5/h8-9,11,16-18,22H,6-7,10,12-15H2,1-5H3,(H,26,29)/t16-,17-,22-/m0/s1. The molecular weight excluding hydrogens is 438 g/mol. The van der Waals surface area contributed by atoms with Crippen molar-refractivity contribution in [1.82, 2.24) is 9.80 Å². The van der Waals surface area contributed by atoms with Gasteiger partial charge < -0.3 is 29.3 Å². The molecule has 3 atom stereocenters. The molecule has 0 spiro atoms. The molecule has 0 bridgehead atoms. The zero-order valence-corrected chi connectivity index (χ0v) is 20.8. The molecule has 1 fully saturated rings. The molecule has 0 radical (unpaired) electrons. The normalized spacial score (nSPS) is 23.9. The molecule has 3 rings (SSSR count). The highest BCUT2D eigenvalue weighted by Crippen LogP contribution is 2.33. The first-order chi connectivity index (χ1) is 16.2. The van der Waals surface area contributed by atoms with E-state index in [4.69, 9.17) is 14.2 Å². The SMILES string of the molecule is COCC(=O)Nc1ccc2c(c1)C(=O)N(C)C[C@H](OC)[C@@H](C)CN(C(=O)CC1CC1)[C@@H](C)CO2. The second kappa shape index (κ2) is 11.7. The first-order valence-electron chi connectivity index (χ1n) is 11.9. The molecule has 1 heterocycles. The van der Waals surface area contributed by atoms with Gasteiger partial charge in [0.05, 0.1) is 17.7 Å². The van der Waals surface area contributed by atoms with Gasteiger partial charge in [-0.3, -0.25) is 14.4 Å². The van der Waals surface area contributed by atoms with E-state index >= 15 is 0 Å². The van der Waals surface area contributed by atoms with Crippen molar-refractivity contribution >= 4 is 23.4 Å². The molecule has 9 nitrogen and oxygen atoms in total. The van der Waals surface area contributed by atoms with Crippen LogP contribution in [0.2, 0.25) is 0 Å². The summed E-state index contributed by atoms with van der Waals surface area (Å²) in [6, 6.07) is 4.80. The Kier molecular flexibility index (Phi) is 8.90. The quantitative estimate of drug-likeness (QED) is 0.679. The molecule has 0 saturated heterocycles. The second-order valence-corrected chi connectivity index (χ2v) is 9.48. The van der Waals surface area contributed by atoms with Crippen LogP contribution in [0, 0.1) is 11.8 Å². The first-order valence-corrected chi connectivity index (χ1v) is 11.9. The van der Waals surface area contributed by atoms with Crippen LogP contribution in [0.15, 0.2) is 18.2 Å². The molecule has 188 valence electrons. The zero-order valence-electron chi connectivity index (χ0n) is 20.8. The van der Waals surface area contributed by atoms with Gasteiger partial charge in [0, 0.05) is 52.4 Å². The first kappa shape index (κ1) is 26.0. The Hall–Kier alpha value is -2.65. The minimum Gasteiger partial charge on any atom is -0.491 e. The lowest BCUT2D eigenvalue weighted by Crippen LogP contribution is -2.48. The minimum atomic E-state index is -0.316. The number of ether oxygens (including phenoxy) is 3. The van der Waals surface area contributed by atoms with E-state index in [1.807, 2.05) is 18.7 Å². The predicted molar refractivity (Wildman–Crippen MR) is 128 cm³/mol. The maximum atomic E-state index is 13.4. The molecular formula is C25H37N3O6. The lowest BCUT2D eigenvalue weighted by Gasteiger charge is -2.36. The van der Waals surface area contributed by atoms with Crippen LogP contribution in [0.25, 0.3) is 0 Å². The molecule has 1 N–H and O–H groups in total. The number of hydrogen-bond acceptors (Lipinski definition) is 6. The van der Waals surface area contributed by atoms with Crippen LogP contribution in [0.4, 0.5) is 5.69 Å². The summed E-state index contributed by atoms with van der Waals surface area (Å²) in [6.07, 6.45) is 2.55. The van der Waals surface area contributed by atoms with E-state index in [0.717, 1.165) is 12.8 Å². The van der Waals surface area contributed by atoms with Gasteiger partial charge in [-0.1, -0.05) is 6.92 Å². The average molecular weight is 476 g/mol. The number of methoxy groups -OCH3 is 2. The summed E-state index contributed by atoms with van der Waals surface area (Å²) < 4.78 is 16.7. The molecule has 1 aliphatic carbocycles. The van der Waals surface area contributed by atoms with Crippen LogP contribution >= 0.6 is 0 Å². The summed E-state index contributed by atoms with van der Waals surface area (Å²) in [5.74, 6) is 0.506. The van der Waals surface area contributed by atoms with Gasteiger partial charge in [-0.2, -0.15) is 0 Å². The number of nitrogens with zero attached hydrogens (tertiary/aromatic N) is 2. The highest BCUT2D eigenvalue weighted by atomic mass is 16.5. The van der Waals surface area contributed by atoms with Gasteiger partial charge in [-0.15, -0.1) is 0 Å². The zero-order chi connectivity index (χ0) is 24.8. The number of carbonyl (C=O) groups is 3. The van der Waals surface area contributed by atoms with E-state index in [1.165, 1.54) is 7.11 Å². The molecule has 9 heteroatoms. The number of benzene rings is 1. The minimum absolute atomic E-state index is 0.0180. The third-order valence-corrected chi connectivity index (χ3v) is 6.48. The number of hydrogen-bond donors (Lipinski definition) is 1. The third kappa shape index (κ3) is 6.70. The molecule has 3 amide bonds. The fourth-order valence-corrected chi connectivity index (χ4v) is 4.22. The molecule has 2 aliphatic rings. The van der Waals surface area contributed by atoms with Gasteiger partial charge in [-0.05, 0) is 43.9 Å². The van der Waals surface area contributed by atoms with Crippen LogP contribution in [-0.4, -0.2) is 87.2 Å². The third-order valence-electron chi connectivity index (χ3n) is 6.48. The molecule has 1 aromatic rings. The topological polar surface area (TPSA) is 97.4 Å². The smallest absolute Gasteiger partial charge is 0.257 e. The predicted octanol–water partition coefficient (Wildman–Crippen LogP) is 2.40. The Bertz CT molecular complexity index is 887. The Morgan fingerprint density at radius 2 is 1.91 bits per heavy atom. The lowest BCUT2D eigenvalue weighted by molar-refractivity contribution is -0.135. The van der Waals surface area contributed by atoms with Crippen molar-refractivity contribution < 1.29 is 28.6 Å². The van der Waals surface area contributed by atoms with Gasteiger partial charge >= 0.3 is 0 Å². The summed E-state index contributed by atoms with van der Waals surface area (Å²) in [6.45, 7) is 5.07. The van der Waals surface area contributed by atoms with Gasteiger partial charge in [-0.25, -0.2) is 0 Å². The van der Waals surface area contributed by atoms with Crippen LogP contribution in [0.5, 0.6) is 5.75 Å². The van der Waals surface area contributed by atoms with Crippen molar-refractivity contribution in [3.05, 3.63) is 23.8 Å². The van der Waals surface area contributed by atoms with E-state index in [9.17, 15) is 14.4 Å². The number of carbonyl (C=O) groups excluding carboxylic acids is 3. The van der Waals surface area contributed by atoms with Crippen molar-refractivity contribution in [1.29, 1.82) is 0 Å². The van der Waals surface area contributed by atoms with Gasteiger partial charge in [0.2, 0.25) is 11.8 Å². The van der Waals surface area contributed by atoms with Crippen molar-refractivity contribution in [2.45, 2.75) is 45.3 Å². The van der Waals surface area contributed by atoms with Crippen molar-refractivity contribution in [2.75, 3.05) is 52.9 Å². The summed E-state index contributed by atoms with van der Waals surface area (Å²) in [7, 11) is 4.79. The number of nitrogens with one attached hydrogen (secondary N) is 1. The fraction of sp³-hybridized carbons (Fsp3) is 0.640. The lowest BCUT2D eigenvalue weighted by atomic mass is 10.0. The van der Waals surface area contributed by atoms with Gasteiger partial charge in [0.25, 0.3) is 5.91 Å². The van der Waals surface area contributed by atoms with Crippen molar-refractivity contribution in [3.63, 3.8) is 0 Å². The van der Waals surface area contributed by atoms with Crippen molar-refractivity contribution in [2.24, 2.45) is 11.8 Å². The highest BCUT2D eigenvalue weighted by molar-refractivity contribution is 5.99. The van der Waals surface area contributed by atoms with E-state index in [2.05, 4.69) is 5.32 Å². The monoisotopic (exact) mass is 475 g/mol. The Labute approximate surface area is 201 Å². The number of likely N-dealkylation sites (N-methyl/N-ethyl adjacent to an activating group) is 1. The van der Waals surface area contributed by atoms with Crippen LogP contribution in [0.1, 0.15) is 43.5 Å². The molecule has 34 heavy (non-hydrogen) atoms. The highest BCUT2D eigenvalue weighted by Gasteiger charge is 2.33. The molecule has 1 aromatic carbocycles. The van der Waals surface area contributed by atoms with E-state index < -0.39 is 0 Å². The molecule has 0 unspecified atom stereocenters. The van der Waals surface area contributed by atoms with Gasteiger partial charge in [0.15, 0.2) is 0 Å². The maximum absolute atomic E-state index is 13.4. The summed E-state index contributed by atoms with van der Waals surface area (Å²) in [5, 5.41) is 2.73. The van der Waals surface area contributed by atoms with Crippen LogP contribution in [0.3, 0.4) is 0 Å². The summed E-state index contributed by atoms with van der Waals surface area (Å²) in [5.41, 5.74) is 0.813. The van der Waals surface area contributed by atoms with Gasteiger partial charge in [0.1, 0.15) is 19.0 Å². The number of fused-ring (bicyclic) bond motifs is 1. The Morgan fingerprint density at radius 3 is 2.56 bits per heavy atom. The average Bonchev–Trinajstić information content (AvgIpc) is 3.62. The second-order valence-electron chi connectivity index (χ2n) is 9.48. The van der Waals surface area contributed by atoms with E-state index in [0.29, 0.717) is 42.4 Å². The summed E-state index contributed by atoms with van der Waals surface area (Å²) in [4.78, 5) is 41.9. The Balaban J connectivity index is 1.90. The molecule has 0 aromatic heterocycles. The van der Waals surface area contributed by atoms with E-state index in [-0.39, 0.29) is 49.0 Å². The van der Waals surface area contributed by atoms with E-state index in [1.54, 1.807) is 37.3 Å². The largest absolute Gasteiger partial charge is 0.491 e. The molecule has 1 saturated carbocycles. The Morgan fingerprint density at radius 1 is 1.18 bits per heavy atom. The maximum Gasteiger partial charge on any atom is 0.257 e. The summed E-state index contributed by atoms with van der Waals surface area (Å²) >= 11 is 0. The number of anilines is 1. The van der Waals surface area contributed by atoms with Crippen molar-refractivity contribution in [3.8, 4) is 5.75 Å². The van der Waals surface area contributed by atoms with Crippen LogP contribution in [-0.2, 0) is 19.1 Å². The van der Waals surface area contributed by atoms with Crippen LogP contribution < -0.4 is 10.1 Å². The number of amides is 3. The number of rotatable bonds is 6. The molecule has 1 aliphatic heterocycles. The fourth-order valence-electron chi connectivity index (χ4n) is 4.22.